The molecule has 1 heterocycles. The average molecular weight is 359 g/mol. The molecule has 0 amide bonds. The molecule has 0 bridgehead atoms. The Bertz CT molecular complexity index is 687. The van der Waals surface area contributed by atoms with Gasteiger partial charge in [-0.1, -0.05) is 68.3 Å². The Balaban J connectivity index is 3.11. The Hall–Kier alpha value is -1.80. The number of imidazole rings is 1. The molecule has 136 valence electrons. The van der Waals surface area contributed by atoms with E-state index >= 15 is 0 Å². The minimum Gasteiger partial charge on any atom is -0.327 e. The number of allylic oxidation sites excluding steroid dienone is 8. The van der Waals surface area contributed by atoms with Gasteiger partial charge >= 0.3 is 0 Å². The van der Waals surface area contributed by atoms with Crippen molar-refractivity contribution in [1.82, 2.24) is 9.55 Å². The lowest BCUT2D eigenvalue weighted by Gasteiger charge is -2.17. The third-order valence-electron chi connectivity index (χ3n) is 4.40. The Labute approximate surface area is 158 Å². The first-order valence-electron chi connectivity index (χ1n) is 9.02. The predicted octanol–water partition coefficient (Wildman–Crippen LogP) is 7.16. The predicted molar refractivity (Wildman–Crippen MR) is 112 cm³/mol. The molecule has 25 heavy (non-hydrogen) atoms. The summed E-state index contributed by atoms with van der Waals surface area (Å²) in [5.41, 5.74) is 4.55. The second kappa shape index (κ2) is 10.9. The molecule has 1 unspecified atom stereocenters. The molecular formula is C22H31ClN2. The van der Waals surface area contributed by atoms with Crippen LogP contribution in [-0.4, -0.2) is 9.55 Å². The molecule has 2 nitrogen and oxygen atoms in total. The Morgan fingerprint density at radius 2 is 2.08 bits per heavy atom. The summed E-state index contributed by atoms with van der Waals surface area (Å²) >= 11 is 6.30. The van der Waals surface area contributed by atoms with Gasteiger partial charge in [0.2, 0.25) is 0 Å². The second-order valence-electron chi connectivity index (χ2n) is 6.20. The summed E-state index contributed by atoms with van der Waals surface area (Å²) in [5, 5.41) is 0.793. The molecule has 0 aromatic carbocycles. The molecule has 0 aliphatic rings. The van der Waals surface area contributed by atoms with Gasteiger partial charge in [0.25, 0.3) is 0 Å². The van der Waals surface area contributed by atoms with E-state index in [1.807, 2.05) is 30.6 Å². The zero-order chi connectivity index (χ0) is 18.8. The fourth-order valence-electron chi connectivity index (χ4n) is 2.48. The van der Waals surface area contributed by atoms with Crippen LogP contribution in [-0.2, 0) is 0 Å². The number of hydrogen-bond donors (Lipinski definition) is 0. The van der Waals surface area contributed by atoms with Crippen LogP contribution in [0.1, 0.15) is 64.4 Å². The van der Waals surface area contributed by atoms with Gasteiger partial charge in [-0.05, 0) is 51.3 Å². The number of unbranched alkanes of at least 4 members (excludes halogenated alkanes) is 1. The zero-order valence-corrected chi connectivity index (χ0v) is 17.0. The molecule has 0 aliphatic heterocycles. The molecule has 0 fully saturated rings. The van der Waals surface area contributed by atoms with Gasteiger partial charge in [0.05, 0.1) is 18.1 Å². The zero-order valence-electron chi connectivity index (χ0n) is 16.2. The minimum atomic E-state index is 0.223. The van der Waals surface area contributed by atoms with Crippen molar-refractivity contribution in [2.45, 2.75) is 59.9 Å². The first-order valence-corrected chi connectivity index (χ1v) is 9.39. The topological polar surface area (TPSA) is 17.8 Å². The largest absolute Gasteiger partial charge is 0.327 e. The molecular weight excluding hydrogens is 328 g/mol. The molecule has 0 radical (unpaired) electrons. The fourth-order valence-corrected chi connectivity index (χ4v) is 2.68. The van der Waals surface area contributed by atoms with Crippen molar-refractivity contribution in [2.24, 2.45) is 0 Å². The van der Waals surface area contributed by atoms with Crippen LogP contribution in [0.2, 0.25) is 0 Å². The van der Waals surface area contributed by atoms with Crippen molar-refractivity contribution < 1.29 is 0 Å². The van der Waals surface area contributed by atoms with Crippen LogP contribution in [0, 0.1) is 6.92 Å². The van der Waals surface area contributed by atoms with Crippen LogP contribution >= 0.6 is 11.6 Å². The number of rotatable bonds is 9. The lowest BCUT2D eigenvalue weighted by molar-refractivity contribution is 0.618. The normalized spacial score (nSPS) is 15.0. The molecule has 3 heteroatoms. The molecule has 0 aliphatic carbocycles. The maximum absolute atomic E-state index is 6.30. The smallest absolute Gasteiger partial charge is 0.0961 e. The van der Waals surface area contributed by atoms with Crippen molar-refractivity contribution in [3.05, 3.63) is 70.9 Å². The van der Waals surface area contributed by atoms with E-state index in [0.29, 0.717) is 0 Å². The van der Waals surface area contributed by atoms with Gasteiger partial charge in [0.1, 0.15) is 0 Å². The molecule has 0 saturated heterocycles. The van der Waals surface area contributed by atoms with E-state index in [-0.39, 0.29) is 6.04 Å². The quantitative estimate of drug-likeness (QED) is 0.428. The van der Waals surface area contributed by atoms with Crippen LogP contribution in [0.5, 0.6) is 0 Å². The van der Waals surface area contributed by atoms with Crippen molar-refractivity contribution in [3.8, 4) is 0 Å². The van der Waals surface area contributed by atoms with E-state index in [2.05, 4.69) is 62.9 Å². The maximum Gasteiger partial charge on any atom is 0.0961 e. The summed E-state index contributed by atoms with van der Waals surface area (Å²) in [6.07, 6.45) is 17.2. The van der Waals surface area contributed by atoms with Gasteiger partial charge in [0.15, 0.2) is 0 Å². The summed E-state index contributed by atoms with van der Waals surface area (Å²) in [4.78, 5) is 4.56. The van der Waals surface area contributed by atoms with Crippen LogP contribution in [0.25, 0.3) is 6.08 Å². The lowest BCUT2D eigenvalue weighted by atomic mass is 10.1. The highest BCUT2D eigenvalue weighted by Gasteiger charge is 2.13. The Morgan fingerprint density at radius 3 is 2.68 bits per heavy atom. The average Bonchev–Trinajstić information content (AvgIpc) is 2.99. The van der Waals surface area contributed by atoms with E-state index in [4.69, 9.17) is 11.6 Å². The second-order valence-corrected chi connectivity index (χ2v) is 6.61. The first-order chi connectivity index (χ1) is 12.0. The monoisotopic (exact) mass is 358 g/mol. The van der Waals surface area contributed by atoms with Gasteiger partial charge in [0, 0.05) is 10.7 Å². The highest BCUT2D eigenvalue weighted by Crippen LogP contribution is 2.24. The molecule has 0 saturated carbocycles. The van der Waals surface area contributed by atoms with E-state index < -0.39 is 0 Å². The molecule has 1 atom stereocenters. The SMILES string of the molecule is C=C/C=C\C(=C/CCC)C(C)n1cnc(/C=C\C(Cl)=C(/C)CC)c1C. The van der Waals surface area contributed by atoms with Crippen LogP contribution in [0.15, 0.2) is 59.5 Å². The number of halogens is 1. The summed E-state index contributed by atoms with van der Waals surface area (Å²) in [7, 11) is 0. The van der Waals surface area contributed by atoms with Crippen LogP contribution in [0.3, 0.4) is 0 Å². The number of aromatic nitrogens is 2. The minimum absolute atomic E-state index is 0.223. The van der Waals surface area contributed by atoms with Gasteiger partial charge in [-0.15, -0.1) is 0 Å². The van der Waals surface area contributed by atoms with Crippen LogP contribution < -0.4 is 0 Å². The van der Waals surface area contributed by atoms with E-state index in [9.17, 15) is 0 Å². The van der Waals surface area contributed by atoms with Crippen molar-refractivity contribution in [2.75, 3.05) is 0 Å². The molecule has 1 rings (SSSR count). The summed E-state index contributed by atoms with van der Waals surface area (Å²) in [6.45, 7) is 14.4. The fraction of sp³-hybridized carbons (Fsp3) is 0.409. The summed E-state index contributed by atoms with van der Waals surface area (Å²) < 4.78 is 2.21. The molecule has 1 aromatic heterocycles. The number of nitrogens with zero attached hydrogens (tertiary/aromatic N) is 2. The van der Waals surface area contributed by atoms with Crippen molar-refractivity contribution in [1.29, 1.82) is 0 Å². The van der Waals surface area contributed by atoms with E-state index in [0.717, 1.165) is 35.7 Å². The van der Waals surface area contributed by atoms with Gasteiger partial charge in [-0.2, -0.15) is 0 Å². The molecule has 0 N–H and O–H groups in total. The highest BCUT2D eigenvalue weighted by molar-refractivity contribution is 6.31. The maximum atomic E-state index is 6.30. The molecule has 0 spiro atoms. The lowest BCUT2D eigenvalue weighted by Crippen LogP contribution is -2.08. The van der Waals surface area contributed by atoms with E-state index in [1.54, 1.807) is 0 Å². The van der Waals surface area contributed by atoms with Crippen molar-refractivity contribution in [3.63, 3.8) is 0 Å². The van der Waals surface area contributed by atoms with E-state index in [1.165, 1.54) is 11.1 Å². The van der Waals surface area contributed by atoms with Crippen LogP contribution in [0.4, 0.5) is 0 Å². The molecule has 1 aromatic rings. The Kier molecular flexibility index (Phi) is 9.30. The summed E-state index contributed by atoms with van der Waals surface area (Å²) in [6, 6.07) is 0.223. The standard InChI is InChI=1S/C22H31ClN2/c1-7-10-12-20(13-11-8-2)18(5)25-16-24-22(19(25)6)15-14-21(23)17(4)9-3/h7,10,12-16,18H,1,8-9,11H2,2-6H3/b12-10-,15-14-,20-13+,21-17-. The highest BCUT2D eigenvalue weighted by atomic mass is 35.5. The summed E-state index contributed by atoms with van der Waals surface area (Å²) in [5.74, 6) is 0. The first kappa shape index (κ1) is 21.2. The Morgan fingerprint density at radius 1 is 1.36 bits per heavy atom. The van der Waals surface area contributed by atoms with Gasteiger partial charge in [-0.3, -0.25) is 0 Å². The third-order valence-corrected chi connectivity index (χ3v) is 4.85. The third kappa shape index (κ3) is 6.21. The van der Waals surface area contributed by atoms with Gasteiger partial charge in [-0.25, -0.2) is 4.98 Å². The van der Waals surface area contributed by atoms with Crippen molar-refractivity contribution >= 4 is 17.7 Å². The number of hydrogen-bond acceptors (Lipinski definition) is 1. The van der Waals surface area contributed by atoms with Gasteiger partial charge < -0.3 is 4.57 Å².